The number of ether oxygens (including phenoxy) is 5. The number of hydrogen-bond donors (Lipinski definition) is 0. The first-order valence-electron chi connectivity index (χ1n) is 11.9. The molecule has 36 heavy (non-hydrogen) atoms. The maximum absolute atomic E-state index is 11.7. The van der Waals surface area contributed by atoms with E-state index in [-0.39, 0.29) is 6.79 Å². The van der Waals surface area contributed by atoms with Crippen molar-refractivity contribution in [2.24, 2.45) is 0 Å². The highest BCUT2D eigenvalue weighted by atomic mass is 16.7. The van der Waals surface area contributed by atoms with Crippen LogP contribution in [0.4, 0.5) is 0 Å². The van der Waals surface area contributed by atoms with Crippen molar-refractivity contribution < 1.29 is 28.5 Å². The molecule has 0 N–H and O–H groups in total. The molecule has 3 aromatic carbocycles. The Morgan fingerprint density at radius 2 is 1.31 bits per heavy atom. The average molecular weight is 491 g/mol. The topological polar surface area (TPSA) is 63.2 Å². The van der Waals surface area contributed by atoms with E-state index >= 15 is 0 Å². The van der Waals surface area contributed by atoms with E-state index in [0.29, 0.717) is 19.6 Å². The molecule has 3 atom stereocenters. The molecule has 0 aliphatic heterocycles. The van der Waals surface area contributed by atoms with Crippen LogP contribution < -0.4 is 0 Å². The molecule has 0 radical (unpaired) electrons. The molecule has 6 nitrogen and oxygen atoms in total. The third-order valence-electron chi connectivity index (χ3n) is 5.57. The highest BCUT2D eigenvalue weighted by Gasteiger charge is 2.33. The molecule has 0 heterocycles. The van der Waals surface area contributed by atoms with E-state index in [9.17, 15) is 4.79 Å². The minimum absolute atomic E-state index is 0.0914. The fourth-order valence-corrected chi connectivity index (χ4v) is 3.76. The summed E-state index contributed by atoms with van der Waals surface area (Å²) in [5.41, 5.74) is 3.01. The lowest BCUT2D eigenvalue weighted by atomic mass is 9.97. The van der Waals surface area contributed by atoms with Crippen LogP contribution in [0, 0.1) is 0 Å². The monoisotopic (exact) mass is 490 g/mol. The van der Waals surface area contributed by atoms with E-state index in [4.69, 9.17) is 23.7 Å². The van der Waals surface area contributed by atoms with E-state index < -0.39 is 24.3 Å². The highest BCUT2D eigenvalue weighted by molar-refractivity contribution is 5.81. The van der Waals surface area contributed by atoms with Crippen LogP contribution in [0.3, 0.4) is 0 Å². The molecular formula is C30H34O6. The van der Waals surface area contributed by atoms with Crippen molar-refractivity contribution in [1.82, 2.24) is 0 Å². The van der Waals surface area contributed by atoms with E-state index in [2.05, 4.69) is 0 Å². The van der Waals surface area contributed by atoms with Crippen LogP contribution in [0.15, 0.2) is 103 Å². The number of esters is 1. The Balaban J connectivity index is 1.92. The zero-order valence-corrected chi connectivity index (χ0v) is 20.8. The van der Waals surface area contributed by atoms with Gasteiger partial charge in [-0.2, -0.15) is 0 Å². The van der Waals surface area contributed by atoms with E-state index in [0.717, 1.165) is 16.7 Å². The predicted molar refractivity (Wildman–Crippen MR) is 138 cm³/mol. The van der Waals surface area contributed by atoms with Gasteiger partial charge in [-0.3, -0.25) is 0 Å². The summed E-state index contributed by atoms with van der Waals surface area (Å²) in [5.74, 6) is -0.422. The van der Waals surface area contributed by atoms with Crippen molar-refractivity contribution in [3.8, 4) is 0 Å². The Hall–Kier alpha value is -3.29. The van der Waals surface area contributed by atoms with Gasteiger partial charge in [0.05, 0.1) is 26.4 Å². The van der Waals surface area contributed by atoms with Crippen LogP contribution in [0.1, 0.15) is 29.2 Å². The molecule has 6 heteroatoms. The molecular weight excluding hydrogens is 456 g/mol. The maximum atomic E-state index is 11.7. The summed E-state index contributed by atoms with van der Waals surface area (Å²) in [4.78, 5) is 11.7. The van der Waals surface area contributed by atoms with Crippen LogP contribution in [0.25, 0.3) is 0 Å². The Morgan fingerprint density at radius 1 is 0.750 bits per heavy atom. The van der Waals surface area contributed by atoms with Crippen molar-refractivity contribution in [3.63, 3.8) is 0 Å². The number of methoxy groups -OCH3 is 2. The summed E-state index contributed by atoms with van der Waals surface area (Å²) in [7, 11) is 2.94. The standard InChI is InChI=1S/C30H34O6/c1-32-23-36-29(26-17-10-5-11-18-26)30(35-22-25-15-8-4-9-16-25)27(19-12-20-28(31)33-2)34-21-24-13-6-3-7-14-24/h3-18,20,27,29-30H,19,21-23H2,1-2H3/b20-12+/t27-,29+,30-/m0/s1. The smallest absolute Gasteiger partial charge is 0.330 e. The van der Waals surface area contributed by atoms with Crippen LogP contribution in [0.5, 0.6) is 0 Å². The van der Waals surface area contributed by atoms with Crippen molar-refractivity contribution in [3.05, 3.63) is 120 Å². The van der Waals surface area contributed by atoms with Gasteiger partial charge in [0.15, 0.2) is 0 Å². The van der Waals surface area contributed by atoms with Gasteiger partial charge in [-0.15, -0.1) is 0 Å². The second-order valence-electron chi connectivity index (χ2n) is 8.16. The molecule has 3 aromatic rings. The lowest BCUT2D eigenvalue weighted by Gasteiger charge is -2.33. The lowest BCUT2D eigenvalue weighted by Crippen LogP contribution is -2.38. The van der Waals surface area contributed by atoms with Crippen molar-refractivity contribution >= 4 is 5.97 Å². The predicted octanol–water partition coefficient (Wildman–Crippen LogP) is 5.64. The SMILES string of the molecule is COCO[C@H](c1ccccc1)[C@@H](OCc1ccccc1)[C@H](C/C=C/C(=O)OC)OCc1ccccc1. The van der Waals surface area contributed by atoms with Crippen LogP contribution in [-0.2, 0) is 41.7 Å². The Kier molecular flexibility index (Phi) is 11.9. The number of carbonyl (C=O) groups is 1. The molecule has 3 rings (SSSR count). The molecule has 190 valence electrons. The van der Waals surface area contributed by atoms with Gasteiger partial charge in [-0.1, -0.05) is 97.1 Å². The first kappa shape index (κ1) is 27.3. The Bertz CT molecular complexity index is 1020. The summed E-state index contributed by atoms with van der Waals surface area (Å²) >= 11 is 0. The molecule has 0 fully saturated rings. The highest BCUT2D eigenvalue weighted by Crippen LogP contribution is 2.30. The van der Waals surface area contributed by atoms with Gasteiger partial charge in [0.25, 0.3) is 0 Å². The zero-order valence-electron chi connectivity index (χ0n) is 20.8. The van der Waals surface area contributed by atoms with E-state index in [1.54, 1.807) is 13.2 Å². The molecule has 0 amide bonds. The molecule has 0 bridgehead atoms. The van der Waals surface area contributed by atoms with Crippen molar-refractivity contribution in [2.75, 3.05) is 21.0 Å². The summed E-state index contributed by atoms with van der Waals surface area (Å²) in [5, 5.41) is 0. The Morgan fingerprint density at radius 3 is 1.86 bits per heavy atom. The first-order chi connectivity index (χ1) is 17.7. The second kappa shape index (κ2) is 15.7. The average Bonchev–Trinajstić information content (AvgIpc) is 2.94. The fraction of sp³-hybridized carbons (Fsp3) is 0.300. The van der Waals surface area contributed by atoms with Gasteiger partial charge >= 0.3 is 5.97 Å². The van der Waals surface area contributed by atoms with E-state index in [1.165, 1.54) is 13.2 Å². The van der Waals surface area contributed by atoms with Gasteiger partial charge < -0.3 is 23.7 Å². The van der Waals surface area contributed by atoms with Crippen LogP contribution in [-0.4, -0.2) is 39.2 Å². The Labute approximate surface area is 213 Å². The largest absolute Gasteiger partial charge is 0.466 e. The molecule has 0 saturated carbocycles. The van der Waals surface area contributed by atoms with Crippen LogP contribution >= 0.6 is 0 Å². The number of carbonyl (C=O) groups excluding carboxylic acids is 1. The summed E-state index contributed by atoms with van der Waals surface area (Å²) in [6.07, 6.45) is 2.16. The minimum atomic E-state index is -0.506. The lowest BCUT2D eigenvalue weighted by molar-refractivity contribution is -0.175. The molecule has 0 aliphatic carbocycles. The quantitative estimate of drug-likeness (QED) is 0.156. The molecule has 0 aliphatic rings. The number of rotatable bonds is 15. The maximum Gasteiger partial charge on any atom is 0.330 e. The van der Waals surface area contributed by atoms with Gasteiger partial charge in [0.2, 0.25) is 0 Å². The number of benzene rings is 3. The van der Waals surface area contributed by atoms with Gasteiger partial charge in [0.1, 0.15) is 19.0 Å². The third kappa shape index (κ3) is 9.06. The normalized spacial score (nSPS) is 13.8. The van der Waals surface area contributed by atoms with Gasteiger partial charge in [-0.05, 0) is 23.1 Å². The van der Waals surface area contributed by atoms with Crippen molar-refractivity contribution in [2.45, 2.75) is 37.9 Å². The zero-order chi connectivity index (χ0) is 25.4. The number of hydrogen-bond acceptors (Lipinski definition) is 6. The van der Waals surface area contributed by atoms with Gasteiger partial charge in [-0.25, -0.2) is 4.79 Å². The molecule has 0 unspecified atom stereocenters. The van der Waals surface area contributed by atoms with E-state index in [1.807, 2.05) is 91.0 Å². The summed E-state index contributed by atoms with van der Waals surface area (Å²) in [6.45, 7) is 0.847. The summed E-state index contributed by atoms with van der Waals surface area (Å²) in [6, 6.07) is 29.8. The molecule has 0 spiro atoms. The summed E-state index contributed by atoms with van der Waals surface area (Å²) < 4.78 is 29.1. The van der Waals surface area contributed by atoms with Gasteiger partial charge in [0, 0.05) is 13.2 Å². The fourth-order valence-electron chi connectivity index (χ4n) is 3.76. The molecule has 0 aromatic heterocycles. The first-order valence-corrected chi connectivity index (χ1v) is 11.9. The minimum Gasteiger partial charge on any atom is -0.466 e. The van der Waals surface area contributed by atoms with Crippen molar-refractivity contribution in [1.29, 1.82) is 0 Å². The van der Waals surface area contributed by atoms with Crippen LogP contribution in [0.2, 0.25) is 0 Å². The molecule has 0 saturated heterocycles. The second-order valence-corrected chi connectivity index (χ2v) is 8.16. The third-order valence-corrected chi connectivity index (χ3v) is 5.57.